The van der Waals surface area contributed by atoms with Crippen molar-refractivity contribution in [3.05, 3.63) is 0 Å². The maximum Gasteiger partial charge on any atom is 0.321 e. The van der Waals surface area contributed by atoms with E-state index >= 15 is 0 Å². The van der Waals surface area contributed by atoms with E-state index in [0.29, 0.717) is 0 Å². The predicted molar refractivity (Wildman–Crippen MR) is 52.6 cm³/mol. The van der Waals surface area contributed by atoms with Gasteiger partial charge >= 0.3 is 5.97 Å². The molecule has 13 heavy (non-hydrogen) atoms. The van der Waals surface area contributed by atoms with Crippen molar-refractivity contribution in [3.8, 4) is 0 Å². The third-order valence-electron chi connectivity index (χ3n) is 2.31. The topological polar surface area (TPSA) is 66.6 Å². The smallest absolute Gasteiger partial charge is 0.321 e. The van der Waals surface area contributed by atoms with Crippen LogP contribution in [0.2, 0.25) is 0 Å². The first-order valence-corrected chi connectivity index (χ1v) is 4.40. The molecule has 0 radical (unpaired) electrons. The Hall–Kier alpha value is -0.610. The van der Waals surface area contributed by atoms with Crippen molar-refractivity contribution >= 4 is 5.97 Å². The molecule has 0 saturated heterocycles. The number of rotatable bonds is 5. The fraction of sp³-hybridized carbons (Fsp3) is 0.889. The highest BCUT2D eigenvalue weighted by molar-refractivity contribution is 5.74. The lowest BCUT2D eigenvalue weighted by molar-refractivity contribution is -0.141. The van der Waals surface area contributed by atoms with Crippen molar-refractivity contribution < 1.29 is 9.90 Å². The zero-order valence-corrected chi connectivity index (χ0v) is 8.87. The number of hydrogen-bond acceptors (Lipinski definition) is 3. The Morgan fingerprint density at radius 3 is 2.31 bits per heavy atom. The first kappa shape index (κ1) is 12.4. The third kappa shape index (κ3) is 4.24. The minimum Gasteiger partial charge on any atom is -0.480 e. The Morgan fingerprint density at radius 2 is 2.00 bits per heavy atom. The van der Waals surface area contributed by atoms with Gasteiger partial charge in [0, 0.05) is 0 Å². The van der Waals surface area contributed by atoms with Gasteiger partial charge < -0.3 is 15.7 Å². The van der Waals surface area contributed by atoms with Crippen LogP contribution in [0.25, 0.3) is 0 Å². The van der Waals surface area contributed by atoms with Crippen molar-refractivity contribution in [3.63, 3.8) is 0 Å². The molecule has 0 bridgehead atoms. The zero-order chi connectivity index (χ0) is 10.6. The Bertz CT molecular complexity index is 178. The summed E-state index contributed by atoms with van der Waals surface area (Å²) in [7, 11) is 3.92. The molecule has 4 heteroatoms. The molecule has 0 heterocycles. The van der Waals surface area contributed by atoms with Gasteiger partial charge in [-0.15, -0.1) is 0 Å². The summed E-state index contributed by atoms with van der Waals surface area (Å²) in [6.45, 7) is 4.62. The van der Waals surface area contributed by atoms with Crippen LogP contribution >= 0.6 is 0 Å². The van der Waals surface area contributed by atoms with Crippen LogP contribution in [0.15, 0.2) is 0 Å². The van der Waals surface area contributed by atoms with Gasteiger partial charge in [-0.3, -0.25) is 4.79 Å². The number of carboxylic acids is 1. The summed E-state index contributed by atoms with van der Waals surface area (Å²) in [4.78, 5) is 12.7. The number of carboxylic acid groups (broad SMARTS) is 1. The molecular weight excluding hydrogens is 168 g/mol. The van der Waals surface area contributed by atoms with Crippen molar-refractivity contribution in [2.75, 3.05) is 20.6 Å². The van der Waals surface area contributed by atoms with E-state index in [2.05, 4.69) is 0 Å². The lowest BCUT2D eigenvalue weighted by atomic mass is 9.81. The number of nitrogens with two attached hydrogens (primary N) is 1. The quantitative estimate of drug-likeness (QED) is 0.654. The highest BCUT2D eigenvalue weighted by Gasteiger charge is 2.31. The monoisotopic (exact) mass is 188 g/mol. The first-order valence-electron chi connectivity index (χ1n) is 4.40. The van der Waals surface area contributed by atoms with E-state index in [1.165, 1.54) is 0 Å². The van der Waals surface area contributed by atoms with Gasteiger partial charge in [-0.1, -0.05) is 13.8 Å². The Labute approximate surface area is 79.7 Å². The normalized spacial score (nSPS) is 14.6. The summed E-state index contributed by atoms with van der Waals surface area (Å²) in [6.07, 6.45) is 0.785. The Balaban J connectivity index is 4.13. The van der Waals surface area contributed by atoms with Crippen molar-refractivity contribution in [1.29, 1.82) is 0 Å². The van der Waals surface area contributed by atoms with E-state index in [1.54, 1.807) is 0 Å². The van der Waals surface area contributed by atoms with Crippen molar-refractivity contribution in [2.24, 2.45) is 11.1 Å². The summed E-state index contributed by atoms with van der Waals surface area (Å²) in [5.41, 5.74) is 5.21. The van der Waals surface area contributed by atoms with E-state index in [-0.39, 0.29) is 5.41 Å². The van der Waals surface area contributed by atoms with Crippen LogP contribution in [-0.4, -0.2) is 42.7 Å². The first-order chi connectivity index (χ1) is 5.77. The molecule has 0 aromatic rings. The van der Waals surface area contributed by atoms with Crippen LogP contribution in [0.5, 0.6) is 0 Å². The lowest BCUT2D eigenvalue weighted by Crippen LogP contribution is -2.45. The SMILES string of the molecule is CN(C)CCC(C)(C)C(N)C(=O)O. The van der Waals surface area contributed by atoms with Gasteiger partial charge in [-0.2, -0.15) is 0 Å². The van der Waals surface area contributed by atoms with Crippen LogP contribution < -0.4 is 5.73 Å². The molecule has 0 aliphatic carbocycles. The van der Waals surface area contributed by atoms with E-state index in [9.17, 15) is 4.79 Å². The number of nitrogens with zero attached hydrogens (tertiary/aromatic N) is 1. The molecule has 0 aliphatic rings. The second-order valence-corrected chi connectivity index (χ2v) is 4.36. The van der Waals surface area contributed by atoms with Gasteiger partial charge in [-0.25, -0.2) is 0 Å². The summed E-state index contributed by atoms with van der Waals surface area (Å²) in [6, 6.07) is -0.785. The molecule has 0 saturated carbocycles. The van der Waals surface area contributed by atoms with Gasteiger partial charge in [0.25, 0.3) is 0 Å². The van der Waals surface area contributed by atoms with E-state index in [0.717, 1.165) is 13.0 Å². The summed E-state index contributed by atoms with van der Waals surface area (Å²) in [5.74, 6) is -0.927. The molecule has 0 rings (SSSR count). The zero-order valence-electron chi connectivity index (χ0n) is 8.87. The molecule has 0 aliphatic heterocycles. The average molecular weight is 188 g/mol. The largest absolute Gasteiger partial charge is 0.480 e. The van der Waals surface area contributed by atoms with Crippen LogP contribution in [0.1, 0.15) is 20.3 Å². The fourth-order valence-corrected chi connectivity index (χ4v) is 1.00. The van der Waals surface area contributed by atoms with Crippen LogP contribution in [-0.2, 0) is 4.79 Å². The number of aliphatic carboxylic acids is 1. The molecule has 0 spiro atoms. The third-order valence-corrected chi connectivity index (χ3v) is 2.31. The molecule has 0 amide bonds. The maximum absolute atomic E-state index is 10.7. The summed E-state index contributed by atoms with van der Waals surface area (Å²) < 4.78 is 0. The van der Waals surface area contributed by atoms with Crippen LogP contribution in [0, 0.1) is 5.41 Å². The van der Waals surface area contributed by atoms with Gasteiger partial charge in [0.15, 0.2) is 0 Å². The Morgan fingerprint density at radius 1 is 1.54 bits per heavy atom. The second-order valence-electron chi connectivity index (χ2n) is 4.36. The number of carbonyl (C=O) groups is 1. The van der Waals surface area contributed by atoms with Crippen molar-refractivity contribution in [1.82, 2.24) is 4.90 Å². The molecule has 4 nitrogen and oxygen atoms in total. The molecule has 0 aromatic heterocycles. The summed E-state index contributed by atoms with van der Waals surface area (Å²) >= 11 is 0. The predicted octanol–water partition coefficient (Wildman–Crippen LogP) is 0.376. The number of hydrogen-bond donors (Lipinski definition) is 2. The van der Waals surface area contributed by atoms with Gasteiger partial charge in [-0.05, 0) is 32.5 Å². The maximum atomic E-state index is 10.7. The second kappa shape index (κ2) is 4.58. The van der Waals surface area contributed by atoms with Gasteiger partial charge in [0.2, 0.25) is 0 Å². The van der Waals surface area contributed by atoms with Gasteiger partial charge in [0.1, 0.15) is 6.04 Å². The highest BCUT2D eigenvalue weighted by Crippen LogP contribution is 2.24. The molecular formula is C9H20N2O2. The van der Waals surface area contributed by atoms with Crippen LogP contribution in [0.3, 0.4) is 0 Å². The molecule has 3 N–H and O–H groups in total. The lowest BCUT2D eigenvalue weighted by Gasteiger charge is -2.29. The summed E-state index contributed by atoms with van der Waals surface area (Å²) in [5, 5.41) is 8.74. The standard InChI is InChI=1S/C9H20N2O2/c1-9(2,5-6-11(3)4)7(10)8(12)13/h7H,5-6,10H2,1-4H3,(H,12,13). The molecule has 1 unspecified atom stereocenters. The molecule has 0 fully saturated rings. The average Bonchev–Trinajstić information content (AvgIpc) is 1.99. The van der Waals surface area contributed by atoms with Crippen molar-refractivity contribution in [2.45, 2.75) is 26.3 Å². The minimum atomic E-state index is -0.927. The fourth-order valence-electron chi connectivity index (χ4n) is 1.00. The van der Waals surface area contributed by atoms with Crippen LogP contribution in [0.4, 0.5) is 0 Å². The van der Waals surface area contributed by atoms with E-state index in [4.69, 9.17) is 10.8 Å². The highest BCUT2D eigenvalue weighted by atomic mass is 16.4. The van der Waals surface area contributed by atoms with Gasteiger partial charge in [0.05, 0.1) is 0 Å². The molecule has 78 valence electrons. The minimum absolute atomic E-state index is 0.351. The van der Waals surface area contributed by atoms with E-state index < -0.39 is 12.0 Å². The molecule has 0 aromatic carbocycles. The molecule has 1 atom stereocenters. The Kier molecular flexibility index (Phi) is 4.36. The van der Waals surface area contributed by atoms with E-state index in [1.807, 2.05) is 32.8 Å².